The van der Waals surface area contributed by atoms with Crippen LogP contribution in [-0.2, 0) is 20.7 Å². The van der Waals surface area contributed by atoms with Crippen molar-refractivity contribution in [2.45, 2.75) is 33.1 Å². The molecular weight excluding hydrogens is 318 g/mol. The molecule has 0 saturated heterocycles. The highest BCUT2D eigenvalue weighted by molar-refractivity contribution is 5.89. The largest absolute Gasteiger partial charge is 0.465 e. The van der Waals surface area contributed by atoms with Crippen molar-refractivity contribution >= 4 is 11.9 Å². The van der Waals surface area contributed by atoms with E-state index in [0.29, 0.717) is 31.4 Å². The van der Waals surface area contributed by atoms with Crippen LogP contribution in [-0.4, -0.2) is 25.2 Å². The molecule has 1 aromatic rings. The number of nitrogens with zero attached hydrogens (tertiary/aromatic N) is 1. The predicted molar refractivity (Wildman–Crippen MR) is 94.8 cm³/mol. The first kappa shape index (κ1) is 20.4. The van der Waals surface area contributed by atoms with Crippen LogP contribution in [0.25, 0.3) is 0 Å². The van der Waals surface area contributed by atoms with Crippen LogP contribution in [0.5, 0.6) is 0 Å². The Bertz CT molecular complexity index is 616. The van der Waals surface area contributed by atoms with E-state index in [4.69, 9.17) is 9.47 Å². The van der Waals surface area contributed by atoms with Crippen LogP contribution in [0.3, 0.4) is 0 Å². The summed E-state index contributed by atoms with van der Waals surface area (Å²) >= 11 is 0. The zero-order chi connectivity index (χ0) is 18.7. The first-order chi connectivity index (χ1) is 12.1. The first-order valence-electron chi connectivity index (χ1n) is 8.50. The zero-order valence-electron chi connectivity index (χ0n) is 14.9. The van der Waals surface area contributed by atoms with Gasteiger partial charge in [-0.2, -0.15) is 5.26 Å². The number of benzene rings is 1. The standard InChI is InChI=1S/C20H25NO4/c1-4-7-16(18(14-21)20(23)25-6-3)11-8-15-9-12-17(13-10-15)19(22)24-5-2/h4,9-10,12-13,16,18H,1,5-8,11H2,2-3H3. The number of esters is 2. The molecule has 0 heterocycles. The average Bonchev–Trinajstić information content (AvgIpc) is 2.61. The lowest BCUT2D eigenvalue weighted by Gasteiger charge is -2.19. The number of carbonyl (C=O) groups is 2. The molecular formula is C20H25NO4. The highest BCUT2D eigenvalue weighted by Crippen LogP contribution is 2.24. The Hall–Kier alpha value is -2.61. The number of allylic oxidation sites excluding steroid dienone is 1. The molecule has 1 aromatic carbocycles. The van der Waals surface area contributed by atoms with Gasteiger partial charge in [0.2, 0.25) is 0 Å². The molecule has 0 aliphatic rings. The van der Waals surface area contributed by atoms with Crippen molar-refractivity contribution in [3.05, 3.63) is 48.0 Å². The van der Waals surface area contributed by atoms with E-state index >= 15 is 0 Å². The number of hydrogen-bond acceptors (Lipinski definition) is 5. The van der Waals surface area contributed by atoms with Gasteiger partial charge in [-0.05, 0) is 56.7 Å². The van der Waals surface area contributed by atoms with Gasteiger partial charge in [-0.25, -0.2) is 4.79 Å². The van der Waals surface area contributed by atoms with E-state index in [1.54, 1.807) is 32.1 Å². The summed E-state index contributed by atoms with van der Waals surface area (Å²) in [6.45, 7) is 7.80. The van der Waals surface area contributed by atoms with Crippen LogP contribution in [0.4, 0.5) is 0 Å². The van der Waals surface area contributed by atoms with Gasteiger partial charge in [0.25, 0.3) is 0 Å². The van der Waals surface area contributed by atoms with Gasteiger partial charge >= 0.3 is 11.9 Å². The quantitative estimate of drug-likeness (QED) is 0.478. The highest BCUT2D eigenvalue weighted by Gasteiger charge is 2.28. The van der Waals surface area contributed by atoms with Gasteiger partial charge in [0.1, 0.15) is 5.92 Å². The molecule has 0 aliphatic heterocycles. The number of hydrogen-bond donors (Lipinski definition) is 0. The summed E-state index contributed by atoms with van der Waals surface area (Å²) in [6, 6.07) is 9.24. The van der Waals surface area contributed by atoms with Crippen LogP contribution < -0.4 is 0 Å². The van der Waals surface area contributed by atoms with Gasteiger partial charge in [0.15, 0.2) is 0 Å². The van der Waals surface area contributed by atoms with Gasteiger partial charge < -0.3 is 9.47 Å². The molecule has 0 N–H and O–H groups in total. The Balaban J connectivity index is 2.74. The summed E-state index contributed by atoms with van der Waals surface area (Å²) in [6.07, 6.45) is 3.64. The van der Waals surface area contributed by atoms with E-state index in [1.165, 1.54) is 0 Å². The average molecular weight is 343 g/mol. The molecule has 0 spiro atoms. The molecule has 0 fully saturated rings. The number of nitriles is 1. The monoisotopic (exact) mass is 343 g/mol. The fourth-order valence-corrected chi connectivity index (χ4v) is 2.59. The molecule has 25 heavy (non-hydrogen) atoms. The molecule has 0 aliphatic carbocycles. The Labute approximate surface area is 149 Å². The van der Waals surface area contributed by atoms with Gasteiger partial charge in [-0.3, -0.25) is 4.79 Å². The van der Waals surface area contributed by atoms with E-state index in [9.17, 15) is 14.9 Å². The van der Waals surface area contributed by atoms with Gasteiger partial charge in [0, 0.05) is 0 Å². The second-order valence-corrected chi connectivity index (χ2v) is 5.60. The van der Waals surface area contributed by atoms with Crippen molar-refractivity contribution in [3.63, 3.8) is 0 Å². The smallest absolute Gasteiger partial charge is 0.338 e. The third kappa shape index (κ3) is 6.42. The zero-order valence-corrected chi connectivity index (χ0v) is 14.9. The molecule has 1 rings (SSSR count). The summed E-state index contributed by atoms with van der Waals surface area (Å²) < 4.78 is 9.95. The number of ether oxygens (including phenoxy) is 2. The summed E-state index contributed by atoms with van der Waals surface area (Å²) in [7, 11) is 0. The van der Waals surface area contributed by atoms with Crippen molar-refractivity contribution in [1.29, 1.82) is 5.26 Å². The topological polar surface area (TPSA) is 76.4 Å². The summed E-state index contributed by atoms with van der Waals surface area (Å²) in [5.41, 5.74) is 1.54. The van der Waals surface area contributed by atoms with Crippen molar-refractivity contribution in [2.75, 3.05) is 13.2 Å². The molecule has 2 atom stereocenters. The van der Waals surface area contributed by atoms with Crippen LogP contribution in [0.2, 0.25) is 0 Å². The molecule has 5 nitrogen and oxygen atoms in total. The maximum absolute atomic E-state index is 12.0. The normalized spacial score (nSPS) is 12.5. The maximum Gasteiger partial charge on any atom is 0.338 e. The van der Waals surface area contributed by atoms with E-state index < -0.39 is 11.9 Å². The maximum atomic E-state index is 12.0. The molecule has 0 aromatic heterocycles. The Morgan fingerprint density at radius 3 is 2.36 bits per heavy atom. The van der Waals surface area contributed by atoms with Gasteiger partial charge in [-0.1, -0.05) is 18.2 Å². The second kappa shape index (κ2) is 11.0. The summed E-state index contributed by atoms with van der Waals surface area (Å²) in [5.74, 6) is -1.76. The molecule has 0 amide bonds. The molecule has 134 valence electrons. The van der Waals surface area contributed by atoms with Gasteiger partial charge in [-0.15, -0.1) is 6.58 Å². The van der Waals surface area contributed by atoms with E-state index in [0.717, 1.165) is 5.56 Å². The molecule has 5 heteroatoms. The lowest BCUT2D eigenvalue weighted by Crippen LogP contribution is -2.25. The van der Waals surface area contributed by atoms with Crippen LogP contribution in [0.15, 0.2) is 36.9 Å². The molecule has 0 bridgehead atoms. The summed E-state index contributed by atoms with van der Waals surface area (Å²) in [5, 5.41) is 9.33. The number of rotatable bonds is 10. The fourth-order valence-electron chi connectivity index (χ4n) is 2.59. The predicted octanol–water partition coefficient (Wildman–Crippen LogP) is 3.69. The van der Waals surface area contributed by atoms with Crippen LogP contribution >= 0.6 is 0 Å². The molecule has 0 saturated carbocycles. The number of carbonyl (C=O) groups excluding carboxylic acids is 2. The van der Waals surface area contributed by atoms with Crippen molar-refractivity contribution in [1.82, 2.24) is 0 Å². The minimum absolute atomic E-state index is 0.147. The second-order valence-electron chi connectivity index (χ2n) is 5.60. The van der Waals surface area contributed by atoms with Crippen molar-refractivity contribution in [3.8, 4) is 6.07 Å². The fraction of sp³-hybridized carbons (Fsp3) is 0.450. The first-order valence-corrected chi connectivity index (χ1v) is 8.50. The lowest BCUT2D eigenvalue weighted by atomic mass is 9.85. The third-order valence-corrected chi connectivity index (χ3v) is 3.89. The highest BCUT2D eigenvalue weighted by atomic mass is 16.5. The minimum Gasteiger partial charge on any atom is -0.465 e. The van der Waals surface area contributed by atoms with E-state index in [-0.39, 0.29) is 18.5 Å². The lowest BCUT2D eigenvalue weighted by molar-refractivity contribution is -0.147. The van der Waals surface area contributed by atoms with Crippen molar-refractivity contribution in [2.24, 2.45) is 11.8 Å². The Morgan fingerprint density at radius 2 is 1.84 bits per heavy atom. The van der Waals surface area contributed by atoms with Crippen molar-refractivity contribution < 1.29 is 19.1 Å². The summed E-state index contributed by atoms with van der Waals surface area (Å²) in [4.78, 5) is 23.6. The van der Waals surface area contributed by atoms with Crippen LogP contribution in [0.1, 0.15) is 42.6 Å². The van der Waals surface area contributed by atoms with E-state index in [1.807, 2.05) is 12.1 Å². The number of aryl methyl sites for hydroxylation is 1. The Kier molecular flexibility index (Phi) is 9.02. The van der Waals surface area contributed by atoms with Gasteiger partial charge in [0.05, 0.1) is 24.8 Å². The van der Waals surface area contributed by atoms with E-state index in [2.05, 4.69) is 12.6 Å². The molecule has 0 radical (unpaired) electrons. The Morgan fingerprint density at radius 1 is 1.20 bits per heavy atom. The third-order valence-electron chi connectivity index (χ3n) is 3.89. The van der Waals surface area contributed by atoms with Crippen LogP contribution in [0, 0.1) is 23.2 Å². The minimum atomic E-state index is -0.795. The SMILES string of the molecule is C=CCC(CCc1ccc(C(=O)OCC)cc1)C(C#N)C(=O)OCC. The molecule has 2 unspecified atom stereocenters.